The molecule has 16 heavy (non-hydrogen) atoms. The maximum absolute atomic E-state index is 5.41. The highest BCUT2D eigenvalue weighted by Crippen LogP contribution is 2.61. The molecule has 0 aromatic rings. The van der Waals surface area contributed by atoms with E-state index in [2.05, 4.69) is 34.5 Å². The van der Waals surface area contributed by atoms with Gasteiger partial charge >= 0.3 is 0 Å². The predicted octanol–water partition coefficient (Wildman–Crippen LogP) is 1.99. The summed E-state index contributed by atoms with van der Waals surface area (Å²) in [5.41, 5.74) is 10.8. The van der Waals surface area contributed by atoms with Gasteiger partial charge in [-0.2, -0.15) is 0 Å². The molecule has 2 rings (SSSR count). The van der Waals surface area contributed by atoms with Gasteiger partial charge in [-0.15, -0.1) is 0 Å². The Bertz CT molecular complexity index is 275. The highest BCUT2D eigenvalue weighted by atomic mass is 127. The maximum Gasteiger partial charge on any atom is 0.185 e. The van der Waals surface area contributed by atoms with Gasteiger partial charge in [-0.05, 0) is 42.4 Å². The van der Waals surface area contributed by atoms with Crippen molar-refractivity contribution in [3.63, 3.8) is 0 Å². The first-order valence-corrected chi connectivity index (χ1v) is 7.81. The van der Waals surface area contributed by atoms with Crippen molar-refractivity contribution in [3.05, 3.63) is 0 Å². The topological polar surface area (TPSA) is 64.4 Å². The van der Waals surface area contributed by atoms with E-state index in [9.17, 15) is 0 Å². The van der Waals surface area contributed by atoms with Crippen molar-refractivity contribution >= 4 is 28.6 Å². The molecular formula is C12H22IN3. The Morgan fingerprint density at radius 2 is 2.19 bits per heavy atom. The number of guanidine groups is 1. The number of nitrogens with two attached hydrogens (primary N) is 2. The zero-order chi connectivity index (χ0) is 11.7. The van der Waals surface area contributed by atoms with Crippen LogP contribution in [0.1, 0.15) is 26.2 Å². The minimum Gasteiger partial charge on any atom is -0.370 e. The average molecular weight is 335 g/mol. The third kappa shape index (κ3) is 2.17. The number of aliphatic imine (C=N–C) groups is 1. The molecule has 0 aliphatic heterocycles. The second-order valence-electron chi connectivity index (χ2n) is 5.32. The van der Waals surface area contributed by atoms with Crippen molar-refractivity contribution in [2.75, 3.05) is 11.0 Å². The number of rotatable bonds is 5. The number of nitrogens with zero attached hydrogens (tertiary/aromatic N) is 1. The summed E-state index contributed by atoms with van der Waals surface area (Å²) in [6.07, 6.45) is 4.26. The smallest absolute Gasteiger partial charge is 0.185 e. The van der Waals surface area contributed by atoms with Gasteiger partial charge in [0.25, 0.3) is 0 Å². The van der Waals surface area contributed by atoms with Crippen LogP contribution in [0.3, 0.4) is 0 Å². The van der Waals surface area contributed by atoms with Crippen LogP contribution in [0.15, 0.2) is 4.99 Å². The molecule has 2 aliphatic carbocycles. The SMILES string of the molecule is CCC1CC2CC(C(CI)CN=C(N)N)C12. The molecule has 3 nitrogen and oxygen atoms in total. The third-order valence-corrected chi connectivity index (χ3v) is 5.73. The molecule has 5 atom stereocenters. The Morgan fingerprint density at radius 1 is 1.44 bits per heavy atom. The Balaban J connectivity index is 1.88. The molecule has 0 bridgehead atoms. The summed E-state index contributed by atoms with van der Waals surface area (Å²) < 4.78 is 1.18. The second kappa shape index (κ2) is 5.10. The van der Waals surface area contributed by atoms with Crippen LogP contribution >= 0.6 is 22.6 Å². The normalized spacial score (nSPS) is 37.9. The molecule has 2 saturated carbocycles. The number of fused-ring (bicyclic) bond motifs is 1. The molecule has 0 amide bonds. The lowest BCUT2D eigenvalue weighted by atomic mass is 9.45. The number of alkyl halides is 1. The van der Waals surface area contributed by atoms with Gasteiger partial charge in [-0.1, -0.05) is 35.9 Å². The van der Waals surface area contributed by atoms with Gasteiger partial charge < -0.3 is 11.5 Å². The molecule has 92 valence electrons. The first kappa shape index (κ1) is 12.5. The lowest BCUT2D eigenvalue weighted by Crippen LogP contribution is -2.54. The van der Waals surface area contributed by atoms with E-state index in [-0.39, 0.29) is 5.96 Å². The highest BCUT2D eigenvalue weighted by Gasteiger charge is 2.54. The molecule has 0 spiro atoms. The fourth-order valence-electron chi connectivity index (χ4n) is 3.62. The Morgan fingerprint density at radius 3 is 2.69 bits per heavy atom. The van der Waals surface area contributed by atoms with E-state index in [4.69, 9.17) is 11.5 Å². The predicted molar refractivity (Wildman–Crippen MR) is 76.5 cm³/mol. The van der Waals surface area contributed by atoms with Crippen LogP contribution in [0.5, 0.6) is 0 Å². The van der Waals surface area contributed by atoms with E-state index in [1.54, 1.807) is 0 Å². The Hall–Kier alpha value is 0. The van der Waals surface area contributed by atoms with Crippen LogP contribution in [0.2, 0.25) is 0 Å². The summed E-state index contributed by atoms with van der Waals surface area (Å²) in [6.45, 7) is 3.15. The Kier molecular flexibility index (Phi) is 3.97. The molecule has 4 heteroatoms. The summed E-state index contributed by atoms with van der Waals surface area (Å²) in [5.74, 6) is 4.86. The van der Waals surface area contributed by atoms with Crippen molar-refractivity contribution in [1.29, 1.82) is 0 Å². The Labute approximate surface area is 112 Å². The lowest BCUT2D eigenvalue weighted by molar-refractivity contribution is -0.109. The largest absolute Gasteiger partial charge is 0.370 e. The van der Waals surface area contributed by atoms with Crippen molar-refractivity contribution in [1.82, 2.24) is 0 Å². The van der Waals surface area contributed by atoms with E-state index in [0.29, 0.717) is 5.92 Å². The monoisotopic (exact) mass is 335 g/mol. The number of halogens is 1. The van der Waals surface area contributed by atoms with E-state index < -0.39 is 0 Å². The van der Waals surface area contributed by atoms with Crippen LogP contribution in [0, 0.1) is 29.6 Å². The molecular weight excluding hydrogens is 313 g/mol. The summed E-state index contributed by atoms with van der Waals surface area (Å²) in [7, 11) is 0. The van der Waals surface area contributed by atoms with Crippen LogP contribution in [-0.4, -0.2) is 16.9 Å². The average Bonchev–Trinajstić information content (AvgIpc) is 2.23. The fraction of sp³-hybridized carbons (Fsp3) is 0.917. The van der Waals surface area contributed by atoms with E-state index in [1.165, 1.54) is 23.7 Å². The summed E-state index contributed by atoms with van der Waals surface area (Å²) in [6, 6.07) is 0. The molecule has 4 N–H and O–H groups in total. The molecule has 5 unspecified atom stereocenters. The standard InChI is InChI=1S/C12H22IN3/c1-2-7-3-8-4-10(11(7)8)9(5-13)6-16-12(14)15/h7-11H,2-6H2,1H3,(H4,14,15,16). The van der Waals surface area contributed by atoms with Gasteiger partial charge in [0, 0.05) is 11.0 Å². The van der Waals surface area contributed by atoms with Crippen molar-refractivity contribution < 1.29 is 0 Å². The molecule has 0 heterocycles. The quantitative estimate of drug-likeness (QED) is 0.349. The van der Waals surface area contributed by atoms with Gasteiger partial charge in [-0.25, -0.2) is 0 Å². The van der Waals surface area contributed by atoms with E-state index >= 15 is 0 Å². The molecule has 2 aliphatic rings. The maximum atomic E-state index is 5.41. The molecule has 0 radical (unpaired) electrons. The van der Waals surface area contributed by atoms with Crippen molar-refractivity contribution in [2.45, 2.75) is 26.2 Å². The van der Waals surface area contributed by atoms with Crippen molar-refractivity contribution in [2.24, 2.45) is 46.0 Å². The zero-order valence-corrected chi connectivity index (χ0v) is 12.1. The van der Waals surface area contributed by atoms with E-state index in [0.717, 1.165) is 30.2 Å². The third-order valence-electron chi connectivity index (χ3n) is 4.60. The van der Waals surface area contributed by atoms with E-state index in [1.807, 2.05) is 0 Å². The van der Waals surface area contributed by atoms with Gasteiger partial charge in [0.15, 0.2) is 5.96 Å². The molecule has 0 saturated heterocycles. The van der Waals surface area contributed by atoms with Gasteiger partial charge in [0.1, 0.15) is 0 Å². The van der Waals surface area contributed by atoms with Crippen LogP contribution < -0.4 is 11.5 Å². The van der Waals surface area contributed by atoms with Crippen LogP contribution in [0.25, 0.3) is 0 Å². The molecule has 0 aromatic heterocycles. The van der Waals surface area contributed by atoms with Gasteiger partial charge in [0.2, 0.25) is 0 Å². The summed E-state index contributed by atoms with van der Waals surface area (Å²) in [5, 5.41) is 0. The minimum atomic E-state index is 0.242. The number of hydrogen-bond donors (Lipinski definition) is 2. The molecule has 2 fully saturated rings. The fourth-order valence-corrected chi connectivity index (χ4v) is 4.55. The molecule has 0 aromatic carbocycles. The first-order valence-electron chi connectivity index (χ1n) is 6.28. The van der Waals surface area contributed by atoms with Crippen LogP contribution in [0.4, 0.5) is 0 Å². The first-order chi connectivity index (χ1) is 7.67. The summed E-state index contributed by atoms with van der Waals surface area (Å²) >= 11 is 2.48. The second-order valence-corrected chi connectivity index (χ2v) is 6.20. The van der Waals surface area contributed by atoms with Crippen molar-refractivity contribution in [3.8, 4) is 0 Å². The summed E-state index contributed by atoms with van der Waals surface area (Å²) in [4.78, 5) is 4.20. The van der Waals surface area contributed by atoms with Gasteiger partial charge in [0.05, 0.1) is 0 Å². The van der Waals surface area contributed by atoms with Gasteiger partial charge in [-0.3, -0.25) is 4.99 Å². The zero-order valence-electron chi connectivity index (χ0n) is 9.90. The minimum absolute atomic E-state index is 0.242. The van der Waals surface area contributed by atoms with Crippen LogP contribution in [-0.2, 0) is 0 Å². The highest BCUT2D eigenvalue weighted by molar-refractivity contribution is 14.1. The lowest BCUT2D eigenvalue weighted by Gasteiger charge is -2.60. The number of hydrogen-bond acceptors (Lipinski definition) is 1.